The Hall–Kier alpha value is -2.82. The molecule has 11 nitrogen and oxygen atoms in total. The highest BCUT2D eigenvalue weighted by molar-refractivity contribution is 7.47. The lowest BCUT2D eigenvalue weighted by molar-refractivity contribution is -0.161. The maximum absolute atomic E-state index is 12.9. The molecule has 70 heavy (non-hydrogen) atoms. The van der Waals surface area contributed by atoms with Crippen LogP contribution in [0.25, 0.3) is 0 Å². The average molecular weight is 1010 g/mol. The molecule has 406 valence electrons. The molecule has 0 aromatic heterocycles. The van der Waals surface area contributed by atoms with Gasteiger partial charge in [0, 0.05) is 19.3 Å². The van der Waals surface area contributed by atoms with E-state index >= 15 is 0 Å². The summed E-state index contributed by atoms with van der Waals surface area (Å²) in [4.78, 5) is 48.4. The van der Waals surface area contributed by atoms with Crippen LogP contribution in [0.1, 0.15) is 252 Å². The minimum absolute atomic E-state index is 0.131. The van der Waals surface area contributed by atoms with Gasteiger partial charge in [-0.1, -0.05) is 191 Å². The summed E-state index contributed by atoms with van der Waals surface area (Å²) in [6.07, 6.45) is 56.1. The molecular weight excluding hydrogens is 904 g/mol. The number of phosphoric ester groups is 1. The second-order valence-electron chi connectivity index (χ2n) is 18.7. The van der Waals surface area contributed by atoms with E-state index in [0.29, 0.717) is 19.3 Å². The smallest absolute Gasteiger partial charge is 0.462 e. The number of hydrogen-bond acceptors (Lipinski definition) is 10. The summed E-state index contributed by atoms with van der Waals surface area (Å²) in [7, 11) is -4.75. The molecule has 0 aromatic rings. The molecule has 0 fully saturated rings. The van der Waals surface area contributed by atoms with Crippen molar-refractivity contribution in [3.63, 3.8) is 0 Å². The highest BCUT2D eigenvalue weighted by Crippen LogP contribution is 2.43. The van der Waals surface area contributed by atoms with Crippen LogP contribution in [-0.2, 0) is 42.2 Å². The Morgan fingerprint density at radius 1 is 0.414 bits per heavy atom. The Morgan fingerprint density at radius 3 is 1.19 bits per heavy atom. The topological polar surface area (TPSA) is 155 Å². The summed E-state index contributed by atoms with van der Waals surface area (Å²) in [5.74, 6) is -1.51. The lowest BCUT2D eigenvalue weighted by Crippen LogP contribution is -2.30. The van der Waals surface area contributed by atoms with Crippen LogP contribution >= 0.6 is 7.82 Å². The molecule has 0 aliphatic heterocycles. The van der Waals surface area contributed by atoms with Crippen molar-refractivity contribution in [3.8, 4) is 0 Å². The highest BCUT2D eigenvalue weighted by atomic mass is 31.2. The number of hydrogen-bond donors (Lipinski definition) is 2. The number of ether oxygens (including phenoxy) is 3. The monoisotopic (exact) mass is 1010 g/mol. The van der Waals surface area contributed by atoms with Gasteiger partial charge in [-0.25, -0.2) is 4.57 Å². The van der Waals surface area contributed by atoms with E-state index in [2.05, 4.69) is 81.5 Å². The second kappa shape index (κ2) is 52.5. The van der Waals surface area contributed by atoms with E-state index in [1.165, 1.54) is 89.9 Å². The van der Waals surface area contributed by atoms with Crippen LogP contribution in [-0.4, -0.2) is 66.5 Å². The molecule has 0 saturated heterocycles. The number of unbranched alkanes of at least 4 members (excludes halogenated alkanes) is 25. The van der Waals surface area contributed by atoms with Crippen LogP contribution in [0.5, 0.6) is 0 Å². The van der Waals surface area contributed by atoms with E-state index in [1.807, 2.05) is 0 Å². The summed E-state index contributed by atoms with van der Waals surface area (Å²) >= 11 is 0. The normalized spacial score (nSPS) is 13.8. The van der Waals surface area contributed by atoms with Crippen molar-refractivity contribution in [2.24, 2.45) is 0 Å². The number of aliphatic hydroxyl groups is 1. The fourth-order valence-electron chi connectivity index (χ4n) is 7.59. The first-order chi connectivity index (χ1) is 34.2. The zero-order valence-electron chi connectivity index (χ0n) is 44.7. The first-order valence-electron chi connectivity index (χ1n) is 28.2. The van der Waals surface area contributed by atoms with Gasteiger partial charge in [-0.15, -0.1) is 0 Å². The number of rotatable bonds is 52. The van der Waals surface area contributed by atoms with Crippen LogP contribution in [0.3, 0.4) is 0 Å². The molecule has 0 aliphatic carbocycles. The third-order valence-corrected chi connectivity index (χ3v) is 12.8. The maximum atomic E-state index is 12.9. The van der Waals surface area contributed by atoms with Gasteiger partial charge < -0.3 is 24.2 Å². The van der Waals surface area contributed by atoms with E-state index in [9.17, 15) is 28.9 Å². The number of phosphoric acid groups is 1. The largest absolute Gasteiger partial charge is 0.472 e. The standard InChI is InChI=1S/C58H103O11P/c1-4-7-10-13-16-19-22-25-26-27-28-31-32-35-38-41-44-47-56(60)65-51-55(69-58(62)49-46-43-40-37-34-30-24-21-18-15-12-9-6-3)53-67-70(63,64)66-52-54(50-59)68-57(61)48-45-42-39-36-33-29-23-20-17-14-11-8-5-2/h9,12,18,20-21,23,25-26,30,34,54-55,59H,4-8,10-11,13-17,19,22,24,27-29,31-33,35-53H2,1-3H3,(H,63,64)/b12-9-,21-18-,23-20-,26-25-,34-30-. The van der Waals surface area contributed by atoms with Gasteiger partial charge in [-0.3, -0.25) is 23.4 Å². The molecule has 3 atom stereocenters. The van der Waals surface area contributed by atoms with Crippen LogP contribution in [0.2, 0.25) is 0 Å². The fraction of sp³-hybridized carbons (Fsp3) is 0.776. The van der Waals surface area contributed by atoms with Crippen LogP contribution in [0.4, 0.5) is 0 Å². The third kappa shape index (κ3) is 50.1. The number of aliphatic hydroxyl groups excluding tert-OH is 1. The molecule has 0 bridgehead atoms. The summed E-state index contributed by atoms with van der Waals surface area (Å²) in [6.45, 7) is 4.47. The Bertz CT molecular complexity index is 1410. The zero-order chi connectivity index (χ0) is 51.3. The lowest BCUT2D eigenvalue weighted by Gasteiger charge is -2.21. The maximum Gasteiger partial charge on any atom is 0.472 e. The quantitative estimate of drug-likeness (QED) is 0.0197. The van der Waals surface area contributed by atoms with Gasteiger partial charge in [0.25, 0.3) is 0 Å². The predicted octanol–water partition coefficient (Wildman–Crippen LogP) is 16.4. The molecule has 0 saturated carbocycles. The van der Waals surface area contributed by atoms with E-state index in [4.69, 9.17) is 23.3 Å². The van der Waals surface area contributed by atoms with Crippen molar-refractivity contribution in [3.05, 3.63) is 60.8 Å². The van der Waals surface area contributed by atoms with Crippen molar-refractivity contribution in [2.75, 3.05) is 26.4 Å². The van der Waals surface area contributed by atoms with E-state index in [1.54, 1.807) is 0 Å². The van der Waals surface area contributed by atoms with Gasteiger partial charge >= 0.3 is 25.7 Å². The van der Waals surface area contributed by atoms with Gasteiger partial charge in [-0.2, -0.15) is 0 Å². The zero-order valence-corrected chi connectivity index (χ0v) is 45.6. The Labute approximate surface area is 427 Å². The van der Waals surface area contributed by atoms with E-state index in [-0.39, 0.29) is 25.9 Å². The first-order valence-corrected chi connectivity index (χ1v) is 29.7. The molecule has 0 rings (SSSR count). The molecule has 0 heterocycles. The Balaban J connectivity index is 4.74. The Kier molecular flexibility index (Phi) is 50.4. The highest BCUT2D eigenvalue weighted by Gasteiger charge is 2.28. The fourth-order valence-corrected chi connectivity index (χ4v) is 8.38. The minimum Gasteiger partial charge on any atom is -0.462 e. The van der Waals surface area contributed by atoms with Gasteiger partial charge in [0.2, 0.25) is 0 Å². The first kappa shape index (κ1) is 67.2. The summed E-state index contributed by atoms with van der Waals surface area (Å²) < 4.78 is 39.4. The van der Waals surface area contributed by atoms with Crippen molar-refractivity contribution < 1.29 is 52.2 Å². The van der Waals surface area contributed by atoms with Crippen molar-refractivity contribution >= 4 is 25.7 Å². The van der Waals surface area contributed by atoms with Crippen molar-refractivity contribution in [2.45, 2.75) is 264 Å². The summed E-state index contributed by atoms with van der Waals surface area (Å²) in [6, 6.07) is 0. The molecule has 0 spiro atoms. The Morgan fingerprint density at radius 2 is 0.743 bits per heavy atom. The third-order valence-electron chi connectivity index (χ3n) is 11.9. The number of allylic oxidation sites excluding steroid dienone is 10. The minimum atomic E-state index is -4.75. The summed E-state index contributed by atoms with van der Waals surface area (Å²) in [5, 5.41) is 9.79. The van der Waals surface area contributed by atoms with E-state index in [0.717, 1.165) is 103 Å². The molecule has 0 radical (unpaired) electrons. The number of esters is 3. The van der Waals surface area contributed by atoms with Gasteiger partial charge in [0.1, 0.15) is 12.7 Å². The molecule has 0 aromatic carbocycles. The molecular formula is C58H103O11P. The SMILES string of the molecule is CC/C=C\C/C=C\C/C=C\CCCCCC(=O)OC(COC(=O)CCCCCCCCC/C=C\CCCCCCCC)COP(=O)(O)OCC(CO)OC(=O)CCCCCCC/C=C\CCCCCC. The molecule has 12 heteroatoms. The average Bonchev–Trinajstić information content (AvgIpc) is 3.35. The van der Waals surface area contributed by atoms with Crippen LogP contribution in [0, 0.1) is 0 Å². The van der Waals surface area contributed by atoms with Crippen molar-refractivity contribution in [1.82, 2.24) is 0 Å². The van der Waals surface area contributed by atoms with Gasteiger partial charge in [0.05, 0.1) is 19.8 Å². The molecule has 0 amide bonds. The predicted molar refractivity (Wildman–Crippen MR) is 288 cm³/mol. The van der Waals surface area contributed by atoms with Crippen molar-refractivity contribution in [1.29, 1.82) is 0 Å². The van der Waals surface area contributed by atoms with Gasteiger partial charge in [-0.05, 0) is 103 Å². The van der Waals surface area contributed by atoms with E-state index < -0.39 is 57.8 Å². The lowest BCUT2D eigenvalue weighted by atomic mass is 10.1. The van der Waals surface area contributed by atoms with Gasteiger partial charge in [0.15, 0.2) is 6.10 Å². The summed E-state index contributed by atoms with van der Waals surface area (Å²) in [5.41, 5.74) is 0. The number of carbonyl (C=O) groups excluding carboxylic acids is 3. The number of carbonyl (C=O) groups is 3. The van der Waals surface area contributed by atoms with Crippen LogP contribution < -0.4 is 0 Å². The molecule has 3 unspecified atom stereocenters. The van der Waals surface area contributed by atoms with Crippen LogP contribution in [0.15, 0.2) is 60.8 Å². The molecule has 2 N–H and O–H groups in total. The second-order valence-corrected chi connectivity index (χ2v) is 20.2. The molecule has 0 aliphatic rings.